The average Bonchev–Trinajstić information content (AvgIpc) is 2.64. The monoisotopic (exact) mass is 297 g/mol. The summed E-state index contributed by atoms with van der Waals surface area (Å²) in [6.45, 7) is 4.03. The van der Waals surface area contributed by atoms with Crippen molar-refractivity contribution in [3.05, 3.63) is 27.2 Å². The number of aryl methyl sites for hydroxylation is 1. The van der Waals surface area contributed by atoms with Crippen LogP contribution in [0.2, 0.25) is 0 Å². The van der Waals surface area contributed by atoms with E-state index >= 15 is 0 Å². The first-order valence-electron chi connectivity index (χ1n) is 4.99. The molecule has 0 spiro atoms. The number of hydrogen-bond acceptors (Lipinski definition) is 4. The van der Waals surface area contributed by atoms with E-state index in [9.17, 15) is 0 Å². The minimum absolute atomic E-state index is 0.592. The molecule has 16 heavy (non-hydrogen) atoms. The summed E-state index contributed by atoms with van der Waals surface area (Å²) in [6, 6.07) is 2.00. The van der Waals surface area contributed by atoms with Gasteiger partial charge in [-0.05, 0) is 35.3 Å². The molecule has 2 heterocycles. The molecule has 0 aliphatic heterocycles. The molecule has 0 atom stereocenters. The van der Waals surface area contributed by atoms with Gasteiger partial charge in [0.1, 0.15) is 5.82 Å². The number of halogens is 1. The summed E-state index contributed by atoms with van der Waals surface area (Å²) in [5, 5.41) is 2.01. The summed E-state index contributed by atoms with van der Waals surface area (Å²) < 4.78 is 1.05. The van der Waals surface area contributed by atoms with Crippen molar-refractivity contribution < 1.29 is 0 Å². The van der Waals surface area contributed by atoms with Crippen LogP contribution in [0.5, 0.6) is 0 Å². The third-order valence-electron chi connectivity index (χ3n) is 2.39. The Bertz CT molecular complexity index is 499. The molecule has 5 heteroatoms. The molecule has 0 fully saturated rings. The molecule has 0 aromatic carbocycles. The molecule has 0 saturated carbocycles. The van der Waals surface area contributed by atoms with Crippen LogP contribution in [0.1, 0.15) is 18.2 Å². The Kier molecular flexibility index (Phi) is 3.25. The lowest BCUT2D eigenvalue weighted by Gasteiger charge is -2.07. The van der Waals surface area contributed by atoms with Gasteiger partial charge in [0.2, 0.25) is 0 Å². The molecule has 3 nitrogen and oxygen atoms in total. The molecule has 2 rings (SSSR count). The van der Waals surface area contributed by atoms with Gasteiger partial charge in [-0.15, -0.1) is 11.3 Å². The van der Waals surface area contributed by atoms with Gasteiger partial charge in [-0.3, -0.25) is 0 Å². The molecular weight excluding hydrogens is 286 g/mol. The van der Waals surface area contributed by atoms with E-state index in [0.717, 1.165) is 27.0 Å². The maximum Gasteiger partial charge on any atom is 0.171 e. The summed E-state index contributed by atoms with van der Waals surface area (Å²) >= 11 is 5.02. The highest BCUT2D eigenvalue weighted by Gasteiger charge is 2.10. The Morgan fingerprint density at radius 1 is 1.44 bits per heavy atom. The Hall–Kier alpha value is -0.940. The topological polar surface area (TPSA) is 51.8 Å². The van der Waals surface area contributed by atoms with Crippen molar-refractivity contribution >= 4 is 33.1 Å². The standard InChI is InChI=1S/C11H12BrN3S/c1-3-8-6(2)14-11(15-10(8)13)9-4-7(12)5-16-9/h4-5H,3H2,1-2H3,(H2,13,14,15). The van der Waals surface area contributed by atoms with Gasteiger partial charge in [-0.2, -0.15) is 0 Å². The van der Waals surface area contributed by atoms with Crippen LogP contribution >= 0.6 is 27.3 Å². The Morgan fingerprint density at radius 2 is 2.19 bits per heavy atom. The predicted molar refractivity (Wildman–Crippen MR) is 71.6 cm³/mol. The number of nitrogens with zero attached hydrogens (tertiary/aromatic N) is 2. The maximum atomic E-state index is 5.92. The van der Waals surface area contributed by atoms with Crippen LogP contribution in [0.3, 0.4) is 0 Å². The zero-order chi connectivity index (χ0) is 11.7. The zero-order valence-electron chi connectivity index (χ0n) is 9.12. The van der Waals surface area contributed by atoms with E-state index in [-0.39, 0.29) is 0 Å². The van der Waals surface area contributed by atoms with Gasteiger partial charge in [0, 0.05) is 21.1 Å². The number of aromatic nitrogens is 2. The molecule has 0 amide bonds. The number of thiophene rings is 1. The van der Waals surface area contributed by atoms with E-state index in [1.165, 1.54) is 0 Å². The second kappa shape index (κ2) is 4.51. The van der Waals surface area contributed by atoms with Gasteiger partial charge >= 0.3 is 0 Å². The minimum atomic E-state index is 0.592. The average molecular weight is 298 g/mol. The van der Waals surface area contributed by atoms with Crippen molar-refractivity contribution in [3.8, 4) is 10.7 Å². The molecule has 0 unspecified atom stereocenters. The summed E-state index contributed by atoms with van der Waals surface area (Å²) in [7, 11) is 0. The quantitative estimate of drug-likeness (QED) is 0.924. The van der Waals surface area contributed by atoms with E-state index in [2.05, 4.69) is 32.8 Å². The maximum absolute atomic E-state index is 5.92. The Morgan fingerprint density at radius 3 is 2.69 bits per heavy atom. The van der Waals surface area contributed by atoms with E-state index in [4.69, 9.17) is 5.73 Å². The van der Waals surface area contributed by atoms with Crippen LogP contribution in [-0.4, -0.2) is 9.97 Å². The summed E-state index contributed by atoms with van der Waals surface area (Å²) in [5.41, 5.74) is 7.93. The molecule has 0 bridgehead atoms. The second-order valence-corrected chi connectivity index (χ2v) is 5.31. The fourth-order valence-electron chi connectivity index (χ4n) is 1.60. The third-order valence-corrected chi connectivity index (χ3v) is 4.07. The second-order valence-electron chi connectivity index (χ2n) is 3.48. The molecule has 0 radical (unpaired) electrons. The van der Waals surface area contributed by atoms with Crippen molar-refractivity contribution in [2.45, 2.75) is 20.3 Å². The highest BCUT2D eigenvalue weighted by molar-refractivity contribution is 9.10. The first-order chi connectivity index (χ1) is 7.61. The fourth-order valence-corrected chi connectivity index (χ4v) is 2.96. The molecule has 2 aromatic rings. The van der Waals surface area contributed by atoms with E-state index in [0.29, 0.717) is 11.6 Å². The Labute approximate surface area is 107 Å². The third kappa shape index (κ3) is 2.10. The van der Waals surface area contributed by atoms with E-state index in [1.54, 1.807) is 11.3 Å². The molecule has 0 saturated heterocycles. The summed E-state index contributed by atoms with van der Waals surface area (Å²) in [4.78, 5) is 9.86. The molecule has 84 valence electrons. The van der Waals surface area contributed by atoms with Crippen LogP contribution in [0.4, 0.5) is 5.82 Å². The SMILES string of the molecule is CCc1c(C)nc(-c2cc(Br)cs2)nc1N. The summed E-state index contributed by atoms with van der Waals surface area (Å²) in [6.07, 6.45) is 0.867. The van der Waals surface area contributed by atoms with Gasteiger partial charge in [0.05, 0.1) is 4.88 Å². The van der Waals surface area contributed by atoms with Gasteiger partial charge in [0.15, 0.2) is 5.82 Å². The molecule has 2 N–H and O–H groups in total. The number of nitrogens with two attached hydrogens (primary N) is 1. The Balaban J connectivity index is 2.52. The summed E-state index contributed by atoms with van der Waals surface area (Å²) in [5.74, 6) is 1.30. The van der Waals surface area contributed by atoms with Crippen LogP contribution in [0.25, 0.3) is 10.7 Å². The number of anilines is 1. The van der Waals surface area contributed by atoms with Crippen molar-refractivity contribution in [1.82, 2.24) is 9.97 Å². The number of nitrogen functional groups attached to an aromatic ring is 1. The molecular formula is C11H12BrN3S. The largest absolute Gasteiger partial charge is 0.383 e. The van der Waals surface area contributed by atoms with Crippen LogP contribution in [0, 0.1) is 6.92 Å². The first-order valence-corrected chi connectivity index (χ1v) is 6.66. The van der Waals surface area contributed by atoms with Crippen LogP contribution < -0.4 is 5.73 Å². The van der Waals surface area contributed by atoms with Crippen molar-refractivity contribution in [3.63, 3.8) is 0 Å². The van der Waals surface area contributed by atoms with Crippen molar-refractivity contribution in [2.75, 3.05) is 5.73 Å². The smallest absolute Gasteiger partial charge is 0.171 e. The molecule has 0 aliphatic rings. The van der Waals surface area contributed by atoms with Crippen molar-refractivity contribution in [2.24, 2.45) is 0 Å². The van der Waals surface area contributed by atoms with Crippen LogP contribution in [-0.2, 0) is 6.42 Å². The zero-order valence-corrected chi connectivity index (χ0v) is 11.5. The number of rotatable bonds is 2. The highest BCUT2D eigenvalue weighted by atomic mass is 79.9. The lowest BCUT2D eigenvalue weighted by molar-refractivity contribution is 1.01. The van der Waals surface area contributed by atoms with Crippen LogP contribution in [0.15, 0.2) is 15.9 Å². The predicted octanol–water partition coefficient (Wildman–Crippen LogP) is 3.42. The minimum Gasteiger partial charge on any atom is -0.383 e. The first kappa shape index (κ1) is 11.5. The van der Waals surface area contributed by atoms with E-state index in [1.807, 2.05) is 18.4 Å². The lowest BCUT2D eigenvalue weighted by atomic mass is 10.1. The molecule has 2 aromatic heterocycles. The van der Waals surface area contributed by atoms with E-state index < -0.39 is 0 Å². The van der Waals surface area contributed by atoms with Gasteiger partial charge in [-0.25, -0.2) is 9.97 Å². The van der Waals surface area contributed by atoms with Gasteiger partial charge < -0.3 is 5.73 Å². The highest BCUT2D eigenvalue weighted by Crippen LogP contribution is 2.29. The number of hydrogen-bond donors (Lipinski definition) is 1. The lowest BCUT2D eigenvalue weighted by Crippen LogP contribution is -2.03. The van der Waals surface area contributed by atoms with Crippen molar-refractivity contribution in [1.29, 1.82) is 0 Å². The molecule has 0 aliphatic carbocycles. The van der Waals surface area contributed by atoms with Gasteiger partial charge in [0.25, 0.3) is 0 Å². The normalized spacial score (nSPS) is 10.7. The van der Waals surface area contributed by atoms with Gasteiger partial charge in [-0.1, -0.05) is 6.92 Å². The fraction of sp³-hybridized carbons (Fsp3) is 0.273.